The van der Waals surface area contributed by atoms with Crippen molar-refractivity contribution in [2.45, 2.75) is 27.2 Å². The smallest absolute Gasteiger partial charge is 0.306 e. The van der Waals surface area contributed by atoms with Gasteiger partial charge in [-0.2, -0.15) is 0 Å². The van der Waals surface area contributed by atoms with Crippen LogP contribution >= 0.6 is 0 Å². The van der Waals surface area contributed by atoms with Crippen molar-refractivity contribution in [1.29, 1.82) is 0 Å². The summed E-state index contributed by atoms with van der Waals surface area (Å²) in [5.41, 5.74) is 0. The van der Waals surface area contributed by atoms with Crippen LogP contribution in [-0.2, 0) is 9.53 Å². The highest BCUT2D eigenvalue weighted by atomic mass is 16.5. The molecule has 12 heavy (non-hydrogen) atoms. The van der Waals surface area contributed by atoms with E-state index < -0.39 is 5.97 Å². The zero-order valence-corrected chi connectivity index (χ0v) is 8.04. The Kier molecular flexibility index (Phi) is 5.72. The third kappa shape index (κ3) is 4.34. The quantitative estimate of drug-likeness (QED) is 0.624. The second kappa shape index (κ2) is 6.00. The first-order chi connectivity index (χ1) is 5.59. The van der Waals surface area contributed by atoms with Gasteiger partial charge < -0.3 is 9.84 Å². The molecule has 0 rings (SSSR count). The highest BCUT2D eigenvalue weighted by Crippen LogP contribution is 2.15. The molecule has 0 radical (unpaired) electrons. The number of carboxylic acid groups (broad SMARTS) is 1. The lowest BCUT2D eigenvalue weighted by atomic mass is 9.93. The molecule has 72 valence electrons. The molecule has 0 saturated carbocycles. The fourth-order valence-corrected chi connectivity index (χ4v) is 1.10. The molecule has 0 aliphatic carbocycles. The number of carboxylic acids is 1. The number of hydrogen-bond acceptors (Lipinski definition) is 2. The van der Waals surface area contributed by atoms with Crippen molar-refractivity contribution >= 4 is 5.97 Å². The van der Waals surface area contributed by atoms with Crippen molar-refractivity contribution in [3.05, 3.63) is 0 Å². The van der Waals surface area contributed by atoms with Crippen molar-refractivity contribution in [2.75, 3.05) is 13.2 Å². The lowest BCUT2D eigenvalue weighted by molar-refractivity contribution is -0.144. The number of carbonyl (C=O) groups is 1. The fourth-order valence-electron chi connectivity index (χ4n) is 1.10. The van der Waals surface area contributed by atoms with Gasteiger partial charge in [0.25, 0.3) is 0 Å². The van der Waals surface area contributed by atoms with Crippen LogP contribution in [0, 0.1) is 11.8 Å². The van der Waals surface area contributed by atoms with Crippen LogP contribution in [0.5, 0.6) is 0 Å². The molecule has 0 heterocycles. The van der Waals surface area contributed by atoms with Crippen molar-refractivity contribution in [3.8, 4) is 0 Å². The van der Waals surface area contributed by atoms with E-state index in [2.05, 4.69) is 0 Å². The number of rotatable bonds is 6. The summed E-state index contributed by atoms with van der Waals surface area (Å²) in [4.78, 5) is 10.7. The van der Waals surface area contributed by atoms with Crippen molar-refractivity contribution in [2.24, 2.45) is 11.8 Å². The minimum atomic E-state index is -0.718. The van der Waals surface area contributed by atoms with Gasteiger partial charge in [-0.25, -0.2) is 0 Å². The summed E-state index contributed by atoms with van der Waals surface area (Å²) >= 11 is 0. The Morgan fingerprint density at radius 3 is 2.42 bits per heavy atom. The molecule has 0 aliphatic rings. The molecular formula is C9H18O3. The van der Waals surface area contributed by atoms with Gasteiger partial charge in [-0.1, -0.05) is 13.8 Å². The molecule has 1 N–H and O–H groups in total. The zero-order chi connectivity index (χ0) is 9.56. The van der Waals surface area contributed by atoms with E-state index in [9.17, 15) is 4.79 Å². The molecule has 0 unspecified atom stereocenters. The summed E-state index contributed by atoms with van der Waals surface area (Å²) in [5, 5.41) is 8.79. The summed E-state index contributed by atoms with van der Waals surface area (Å²) in [5.74, 6) is -0.802. The highest BCUT2D eigenvalue weighted by molar-refractivity contribution is 5.70. The third-order valence-electron chi connectivity index (χ3n) is 1.90. The van der Waals surface area contributed by atoms with E-state index in [0.29, 0.717) is 19.6 Å². The van der Waals surface area contributed by atoms with E-state index in [1.807, 2.05) is 20.8 Å². The van der Waals surface area contributed by atoms with Crippen molar-refractivity contribution in [3.63, 3.8) is 0 Å². The summed E-state index contributed by atoms with van der Waals surface area (Å²) in [6.45, 7) is 6.96. The topological polar surface area (TPSA) is 46.5 Å². The molecule has 3 nitrogen and oxygen atoms in total. The van der Waals surface area contributed by atoms with E-state index in [1.54, 1.807) is 0 Å². The normalized spacial score (nSPS) is 13.3. The van der Waals surface area contributed by atoms with Crippen LogP contribution in [0.2, 0.25) is 0 Å². The average Bonchev–Trinajstić information content (AvgIpc) is 1.96. The summed E-state index contributed by atoms with van der Waals surface area (Å²) in [6.07, 6.45) is 0.612. The molecule has 0 bridgehead atoms. The van der Waals surface area contributed by atoms with E-state index in [-0.39, 0.29) is 11.8 Å². The van der Waals surface area contributed by atoms with Crippen LogP contribution in [0.1, 0.15) is 27.2 Å². The largest absolute Gasteiger partial charge is 0.481 e. The lowest BCUT2D eigenvalue weighted by Crippen LogP contribution is -2.21. The Morgan fingerprint density at radius 1 is 1.50 bits per heavy atom. The van der Waals surface area contributed by atoms with Crippen LogP contribution in [0.15, 0.2) is 0 Å². The monoisotopic (exact) mass is 174 g/mol. The van der Waals surface area contributed by atoms with Crippen LogP contribution in [-0.4, -0.2) is 24.3 Å². The number of aliphatic carboxylic acids is 1. The maximum atomic E-state index is 10.7. The Balaban J connectivity index is 3.72. The molecule has 0 spiro atoms. The first kappa shape index (κ1) is 11.4. The minimum Gasteiger partial charge on any atom is -0.481 e. The van der Waals surface area contributed by atoms with E-state index in [1.165, 1.54) is 0 Å². The third-order valence-corrected chi connectivity index (χ3v) is 1.90. The Bertz CT molecular complexity index is 132. The molecule has 3 heteroatoms. The van der Waals surface area contributed by atoms with Gasteiger partial charge in [0, 0.05) is 13.2 Å². The second-order valence-electron chi connectivity index (χ2n) is 3.17. The van der Waals surface area contributed by atoms with E-state index in [0.717, 1.165) is 0 Å². The predicted octanol–water partition coefficient (Wildman–Crippen LogP) is 1.77. The van der Waals surface area contributed by atoms with Gasteiger partial charge in [-0.05, 0) is 19.3 Å². The number of hydrogen-bond donors (Lipinski definition) is 1. The molecule has 0 aromatic rings. The van der Waals surface area contributed by atoms with Gasteiger partial charge in [0.2, 0.25) is 0 Å². The SMILES string of the molecule is CCOCC[C@H](C(=O)O)C(C)C. The average molecular weight is 174 g/mol. The molecule has 0 fully saturated rings. The standard InChI is InChI=1S/C9H18O3/c1-4-12-6-5-8(7(2)3)9(10)11/h7-8H,4-6H2,1-3H3,(H,10,11)/t8-/m0/s1. The van der Waals surface area contributed by atoms with Gasteiger partial charge in [-0.3, -0.25) is 4.79 Å². The minimum absolute atomic E-state index is 0.183. The first-order valence-corrected chi connectivity index (χ1v) is 4.40. The molecule has 0 amide bonds. The Labute approximate surface area is 73.7 Å². The summed E-state index contributed by atoms with van der Waals surface area (Å²) in [6, 6.07) is 0. The maximum absolute atomic E-state index is 10.7. The molecule has 0 aliphatic heterocycles. The lowest BCUT2D eigenvalue weighted by Gasteiger charge is -2.15. The Hall–Kier alpha value is -0.570. The van der Waals surface area contributed by atoms with Crippen LogP contribution in [0.3, 0.4) is 0 Å². The van der Waals surface area contributed by atoms with E-state index >= 15 is 0 Å². The van der Waals surface area contributed by atoms with Gasteiger partial charge in [0.15, 0.2) is 0 Å². The molecule has 0 saturated heterocycles. The Morgan fingerprint density at radius 2 is 2.08 bits per heavy atom. The van der Waals surface area contributed by atoms with Crippen molar-refractivity contribution in [1.82, 2.24) is 0 Å². The maximum Gasteiger partial charge on any atom is 0.306 e. The van der Waals surface area contributed by atoms with Crippen LogP contribution in [0.25, 0.3) is 0 Å². The second-order valence-corrected chi connectivity index (χ2v) is 3.17. The summed E-state index contributed by atoms with van der Waals surface area (Å²) in [7, 11) is 0. The van der Waals surface area contributed by atoms with Gasteiger partial charge in [-0.15, -0.1) is 0 Å². The van der Waals surface area contributed by atoms with Gasteiger partial charge in [0.1, 0.15) is 0 Å². The molecule has 1 atom stereocenters. The number of ether oxygens (including phenoxy) is 1. The van der Waals surface area contributed by atoms with Gasteiger partial charge >= 0.3 is 5.97 Å². The molecular weight excluding hydrogens is 156 g/mol. The first-order valence-electron chi connectivity index (χ1n) is 4.40. The van der Waals surface area contributed by atoms with Crippen LogP contribution in [0.4, 0.5) is 0 Å². The van der Waals surface area contributed by atoms with Crippen LogP contribution < -0.4 is 0 Å². The van der Waals surface area contributed by atoms with E-state index in [4.69, 9.17) is 9.84 Å². The summed E-state index contributed by atoms with van der Waals surface area (Å²) < 4.78 is 5.10. The molecule has 0 aromatic carbocycles. The molecule has 0 aromatic heterocycles. The van der Waals surface area contributed by atoms with Gasteiger partial charge in [0.05, 0.1) is 5.92 Å². The predicted molar refractivity (Wildman–Crippen MR) is 47.1 cm³/mol. The fraction of sp³-hybridized carbons (Fsp3) is 0.889. The highest BCUT2D eigenvalue weighted by Gasteiger charge is 2.20. The van der Waals surface area contributed by atoms with Crippen molar-refractivity contribution < 1.29 is 14.6 Å². The zero-order valence-electron chi connectivity index (χ0n) is 8.04.